The summed E-state index contributed by atoms with van der Waals surface area (Å²) in [5, 5.41) is 0. The van der Waals surface area contributed by atoms with Crippen LogP contribution in [0.3, 0.4) is 0 Å². The number of ketones is 1. The van der Waals surface area contributed by atoms with Crippen LogP contribution in [0, 0.1) is 0 Å². The second kappa shape index (κ2) is 7.87. The molecule has 0 amide bonds. The molecule has 0 N–H and O–H groups in total. The second-order valence-electron chi connectivity index (χ2n) is 3.94. The third kappa shape index (κ3) is 5.82. The standard InChI is InChI=1S/C13H17F2NO2/c1-2-10-3-4-11(16-8-10)7-12(17)5-6-18-9-13(14)15/h3-4,8,13H,2,5-7,9H2,1H3. The number of halogens is 2. The Morgan fingerprint density at radius 2 is 2.22 bits per heavy atom. The quantitative estimate of drug-likeness (QED) is 0.671. The van der Waals surface area contributed by atoms with Crippen molar-refractivity contribution in [3.63, 3.8) is 0 Å². The van der Waals surface area contributed by atoms with E-state index in [4.69, 9.17) is 0 Å². The summed E-state index contributed by atoms with van der Waals surface area (Å²) in [6.45, 7) is 1.45. The molecule has 1 aromatic rings. The summed E-state index contributed by atoms with van der Waals surface area (Å²) in [6.07, 6.45) is 0.535. The van der Waals surface area contributed by atoms with Gasteiger partial charge >= 0.3 is 0 Å². The van der Waals surface area contributed by atoms with Crippen molar-refractivity contribution in [3.8, 4) is 0 Å². The molecule has 0 saturated carbocycles. The highest BCUT2D eigenvalue weighted by molar-refractivity contribution is 5.80. The van der Waals surface area contributed by atoms with E-state index in [0.717, 1.165) is 12.0 Å². The monoisotopic (exact) mass is 257 g/mol. The number of aryl methyl sites for hydroxylation is 1. The van der Waals surface area contributed by atoms with Crippen LogP contribution in [0.15, 0.2) is 18.3 Å². The Balaban J connectivity index is 2.26. The van der Waals surface area contributed by atoms with Crippen LogP contribution in [0.2, 0.25) is 0 Å². The molecule has 0 spiro atoms. The van der Waals surface area contributed by atoms with Crippen LogP contribution < -0.4 is 0 Å². The number of ether oxygens (including phenoxy) is 1. The van der Waals surface area contributed by atoms with Gasteiger partial charge < -0.3 is 4.74 Å². The molecule has 18 heavy (non-hydrogen) atoms. The Hall–Kier alpha value is -1.36. The van der Waals surface area contributed by atoms with Crippen molar-refractivity contribution >= 4 is 5.78 Å². The summed E-state index contributed by atoms with van der Waals surface area (Å²) in [6, 6.07) is 3.75. The molecule has 0 aliphatic rings. The molecule has 1 aromatic heterocycles. The molecular weight excluding hydrogens is 240 g/mol. The van der Waals surface area contributed by atoms with Crippen LogP contribution >= 0.6 is 0 Å². The SMILES string of the molecule is CCc1ccc(CC(=O)CCOCC(F)F)nc1. The Labute approximate surface area is 105 Å². The minimum absolute atomic E-state index is 0.0379. The maximum Gasteiger partial charge on any atom is 0.261 e. The maximum atomic E-state index is 11.8. The van der Waals surface area contributed by atoms with Gasteiger partial charge in [0.2, 0.25) is 0 Å². The summed E-state index contributed by atoms with van der Waals surface area (Å²) in [5.41, 5.74) is 1.82. The molecule has 3 nitrogen and oxygen atoms in total. The van der Waals surface area contributed by atoms with E-state index in [-0.39, 0.29) is 25.2 Å². The van der Waals surface area contributed by atoms with Gasteiger partial charge in [0.25, 0.3) is 6.43 Å². The number of alkyl halides is 2. The minimum atomic E-state index is -2.48. The highest BCUT2D eigenvalue weighted by atomic mass is 19.3. The van der Waals surface area contributed by atoms with Crippen molar-refractivity contribution < 1.29 is 18.3 Å². The van der Waals surface area contributed by atoms with E-state index in [1.54, 1.807) is 6.20 Å². The summed E-state index contributed by atoms with van der Waals surface area (Å²) < 4.78 is 28.2. The average molecular weight is 257 g/mol. The van der Waals surface area contributed by atoms with Crippen molar-refractivity contribution in [2.45, 2.75) is 32.6 Å². The molecule has 0 fully saturated rings. The molecular formula is C13H17F2NO2. The molecule has 1 rings (SSSR count). The lowest BCUT2D eigenvalue weighted by Gasteiger charge is -2.03. The van der Waals surface area contributed by atoms with E-state index in [1.165, 1.54) is 0 Å². The lowest BCUT2D eigenvalue weighted by molar-refractivity contribution is -0.119. The topological polar surface area (TPSA) is 39.2 Å². The first-order chi connectivity index (χ1) is 8.61. The zero-order valence-electron chi connectivity index (χ0n) is 10.4. The summed E-state index contributed by atoms with van der Waals surface area (Å²) in [7, 11) is 0. The predicted molar refractivity (Wildman–Crippen MR) is 63.8 cm³/mol. The molecule has 0 aliphatic carbocycles. The van der Waals surface area contributed by atoms with Crippen molar-refractivity contribution in [1.82, 2.24) is 4.98 Å². The van der Waals surface area contributed by atoms with E-state index in [2.05, 4.69) is 9.72 Å². The van der Waals surface area contributed by atoms with Crippen LogP contribution in [0.1, 0.15) is 24.6 Å². The van der Waals surface area contributed by atoms with Gasteiger partial charge in [0.15, 0.2) is 0 Å². The van der Waals surface area contributed by atoms with Gasteiger partial charge in [-0.05, 0) is 18.1 Å². The first-order valence-corrected chi connectivity index (χ1v) is 5.93. The van der Waals surface area contributed by atoms with Gasteiger partial charge in [0.05, 0.1) is 6.61 Å². The van der Waals surface area contributed by atoms with E-state index in [1.807, 2.05) is 19.1 Å². The van der Waals surface area contributed by atoms with Gasteiger partial charge in [-0.2, -0.15) is 0 Å². The van der Waals surface area contributed by atoms with Crippen molar-refractivity contribution in [1.29, 1.82) is 0 Å². The first-order valence-electron chi connectivity index (χ1n) is 5.93. The zero-order valence-corrected chi connectivity index (χ0v) is 10.4. The average Bonchev–Trinajstić information content (AvgIpc) is 2.35. The van der Waals surface area contributed by atoms with E-state index in [9.17, 15) is 13.6 Å². The maximum absolute atomic E-state index is 11.8. The fourth-order valence-corrected chi connectivity index (χ4v) is 1.42. The number of hydrogen-bond acceptors (Lipinski definition) is 3. The normalized spacial score (nSPS) is 10.9. The first kappa shape index (κ1) is 14.7. The van der Waals surface area contributed by atoms with Gasteiger partial charge in [0.1, 0.15) is 12.4 Å². The lowest BCUT2D eigenvalue weighted by Crippen LogP contribution is -2.11. The smallest absolute Gasteiger partial charge is 0.261 e. The molecule has 0 saturated heterocycles. The molecule has 1 heterocycles. The minimum Gasteiger partial charge on any atom is -0.375 e. The lowest BCUT2D eigenvalue weighted by atomic mass is 10.1. The Morgan fingerprint density at radius 3 is 2.78 bits per heavy atom. The summed E-state index contributed by atoms with van der Waals surface area (Å²) in [4.78, 5) is 15.7. The molecule has 0 atom stereocenters. The molecule has 0 aliphatic heterocycles. The molecule has 0 radical (unpaired) electrons. The van der Waals surface area contributed by atoms with Gasteiger partial charge in [-0.15, -0.1) is 0 Å². The second-order valence-corrected chi connectivity index (χ2v) is 3.94. The number of Topliss-reactive ketones (excluding diaryl/α,β-unsaturated/α-hetero) is 1. The van der Waals surface area contributed by atoms with Crippen LogP contribution in [-0.4, -0.2) is 30.4 Å². The van der Waals surface area contributed by atoms with E-state index < -0.39 is 13.0 Å². The highest BCUT2D eigenvalue weighted by Gasteiger charge is 2.07. The summed E-state index contributed by atoms with van der Waals surface area (Å²) in [5.74, 6) is -0.0546. The van der Waals surface area contributed by atoms with Crippen LogP contribution in [-0.2, 0) is 22.4 Å². The summed E-state index contributed by atoms with van der Waals surface area (Å²) >= 11 is 0. The number of carbonyl (C=O) groups is 1. The Bertz CT molecular complexity index is 366. The largest absolute Gasteiger partial charge is 0.375 e. The van der Waals surface area contributed by atoms with Gasteiger partial charge in [0, 0.05) is 24.7 Å². The highest BCUT2D eigenvalue weighted by Crippen LogP contribution is 2.03. The van der Waals surface area contributed by atoms with Crippen LogP contribution in [0.5, 0.6) is 0 Å². The van der Waals surface area contributed by atoms with E-state index >= 15 is 0 Å². The molecule has 0 aromatic carbocycles. The van der Waals surface area contributed by atoms with Crippen LogP contribution in [0.4, 0.5) is 8.78 Å². The molecule has 0 bridgehead atoms. The third-order valence-corrected chi connectivity index (χ3v) is 2.44. The van der Waals surface area contributed by atoms with E-state index in [0.29, 0.717) is 5.69 Å². The number of carbonyl (C=O) groups excluding carboxylic acids is 1. The number of hydrogen-bond donors (Lipinski definition) is 0. The van der Waals surface area contributed by atoms with Crippen LogP contribution in [0.25, 0.3) is 0 Å². The molecule has 5 heteroatoms. The van der Waals surface area contributed by atoms with Crippen molar-refractivity contribution in [2.75, 3.05) is 13.2 Å². The molecule has 100 valence electrons. The number of aromatic nitrogens is 1. The number of pyridine rings is 1. The fourth-order valence-electron chi connectivity index (χ4n) is 1.42. The molecule has 0 unspecified atom stereocenters. The number of nitrogens with zero attached hydrogens (tertiary/aromatic N) is 1. The third-order valence-electron chi connectivity index (χ3n) is 2.44. The van der Waals surface area contributed by atoms with Crippen molar-refractivity contribution in [2.24, 2.45) is 0 Å². The van der Waals surface area contributed by atoms with Crippen molar-refractivity contribution in [3.05, 3.63) is 29.6 Å². The van der Waals surface area contributed by atoms with Gasteiger partial charge in [-0.1, -0.05) is 13.0 Å². The van der Waals surface area contributed by atoms with Gasteiger partial charge in [-0.25, -0.2) is 8.78 Å². The fraction of sp³-hybridized carbons (Fsp3) is 0.538. The Kier molecular flexibility index (Phi) is 6.43. The Morgan fingerprint density at radius 1 is 1.44 bits per heavy atom. The van der Waals surface area contributed by atoms with Gasteiger partial charge in [-0.3, -0.25) is 9.78 Å². The predicted octanol–water partition coefficient (Wildman–Crippen LogP) is 2.43. The zero-order chi connectivity index (χ0) is 13.4. The number of rotatable bonds is 8.